The van der Waals surface area contributed by atoms with Crippen molar-refractivity contribution in [3.8, 4) is 5.75 Å². The van der Waals surface area contributed by atoms with E-state index in [4.69, 9.17) is 4.74 Å². The summed E-state index contributed by atoms with van der Waals surface area (Å²) < 4.78 is 8.41. The van der Waals surface area contributed by atoms with Crippen LogP contribution in [0.4, 0.5) is 5.82 Å². The molecular formula is C16H17BrN4O. The van der Waals surface area contributed by atoms with Gasteiger partial charge in [-0.25, -0.2) is 9.50 Å². The Bertz CT molecular complexity index is 729. The van der Waals surface area contributed by atoms with Gasteiger partial charge in [0.05, 0.1) is 17.3 Å². The zero-order valence-electron chi connectivity index (χ0n) is 12.1. The van der Waals surface area contributed by atoms with Gasteiger partial charge in [-0.05, 0) is 40.9 Å². The molecular weight excluding hydrogens is 344 g/mol. The van der Waals surface area contributed by atoms with Crippen molar-refractivity contribution in [1.29, 1.82) is 0 Å². The van der Waals surface area contributed by atoms with E-state index >= 15 is 0 Å². The molecule has 0 radical (unpaired) electrons. The second kappa shape index (κ2) is 7.26. The zero-order chi connectivity index (χ0) is 15.2. The average molecular weight is 361 g/mol. The van der Waals surface area contributed by atoms with Gasteiger partial charge in [0.2, 0.25) is 0 Å². The van der Waals surface area contributed by atoms with Crippen LogP contribution in [0.2, 0.25) is 0 Å². The summed E-state index contributed by atoms with van der Waals surface area (Å²) in [4.78, 5) is 4.37. The molecule has 0 fully saturated rings. The Morgan fingerprint density at radius 3 is 2.91 bits per heavy atom. The maximum atomic E-state index is 5.67. The van der Waals surface area contributed by atoms with Crippen molar-refractivity contribution in [1.82, 2.24) is 14.6 Å². The van der Waals surface area contributed by atoms with Crippen molar-refractivity contribution >= 4 is 27.3 Å². The Morgan fingerprint density at radius 1 is 1.18 bits per heavy atom. The fourth-order valence-corrected chi connectivity index (χ4v) is 2.64. The zero-order valence-corrected chi connectivity index (χ0v) is 13.7. The van der Waals surface area contributed by atoms with Crippen molar-refractivity contribution < 1.29 is 4.74 Å². The maximum absolute atomic E-state index is 5.67. The first kappa shape index (κ1) is 14.8. The molecule has 22 heavy (non-hydrogen) atoms. The minimum atomic E-state index is 0.722. The molecule has 3 aromatic rings. The van der Waals surface area contributed by atoms with Crippen LogP contribution >= 0.6 is 15.9 Å². The lowest BCUT2D eigenvalue weighted by atomic mass is 10.3. The lowest BCUT2D eigenvalue weighted by molar-refractivity contribution is 0.308. The van der Waals surface area contributed by atoms with Crippen molar-refractivity contribution in [2.75, 3.05) is 18.5 Å². The van der Waals surface area contributed by atoms with Crippen LogP contribution in [0.1, 0.15) is 12.8 Å². The molecule has 0 aliphatic rings. The Labute approximate surface area is 137 Å². The molecule has 0 unspecified atom stereocenters. The third kappa shape index (κ3) is 3.57. The molecule has 6 heteroatoms. The highest BCUT2D eigenvalue weighted by Gasteiger charge is 2.07. The number of rotatable bonds is 7. The van der Waals surface area contributed by atoms with E-state index in [0.29, 0.717) is 0 Å². The summed E-state index contributed by atoms with van der Waals surface area (Å²) in [6, 6.07) is 9.89. The van der Waals surface area contributed by atoms with Crippen LogP contribution in [0.25, 0.3) is 5.52 Å². The molecule has 0 aliphatic heterocycles. The van der Waals surface area contributed by atoms with Crippen molar-refractivity contribution in [3.63, 3.8) is 0 Å². The van der Waals surface area contributed by atoms with Gasteiger partial charge in [0, 0.05) is 18.9 Å². The second-order valence-corrected chi connectivity index (χ2v) is 5.71. The number of benzene rings is 1. The summed E-state index contributed by atoms with van der Waals surface area (Å²) >= 11 is 3.49. The monoisotopic (exact) mass is 360 g/mol. The molecule has 0 spiro atoms. The van der Waals surface area contributed by atoms with Crippen LogP contribution in [-0.4, -0.2) is 27.7 Å². The van der Waals surface area contributed by atoms with Crippen molar-refractivity contribution in [2.24, 2.45) is 0 Å². The van der Waals surface area contributed by atoms with E-state index in [0.717, 1.165) is 47.6 Å². The summed E-state index contributed by atoms with van der Waals surface area (Å²) in [7, 11) is 0. The average Bonchev–Trinajstić information content (AvgIpc) is 2.94. The number of nitrogens with one attached hydrogen (secondary N) is 1. The molecule has 2 aromatic heterocycles. The number of unbranched alkanes of at least 4 members (excludes halogenated alkanes) is 1. The molecule has 0 bridgehead atoms. The number of nitrogens with zero attached hydrogens (tertiary/aromatic N) is 3. The van der Waals surface area contributed by atoms with Gasteiger partial charge in [0.15, 0.2) is 5.82 Å². The Hall–Kier alpha value is -2.08. The SMILES string of the molecule is Brc1cnn2ccnc(NCCCCOc3ccccc3)c12. The lowest BCUT2D eigenvalue weighted by Gasteiger charge is -2.08. The van der Waals surface area contributed by atoms with Crippen LogP contribution in [-0.2, 0) is 0 Å². The van der Waals surface area contributed by atoms with Gasteiger partial charge < -0.3 is 10.1 Å². The number of halogens is 1. The normalized spacial score (nSPS) is 10.8. The van der Waals surface area contributed by atoms with E-state index in [1.807, 2.05) is 36.5 Å². The van der Waals surface area contributed by atoms with Crippen LogP contribution in [0, 0.1) is 0 Å². The summed E-state index contributed by atoms with van der Waals surface area (Å²) in [5.74, 6) is 1.76. The summed E-state index contributed by atoms with van der Waals surface area (Å²) in [6.45, 7) is 1.57. The summed E-state index contributed by atoms with van der Waals surface area (Å²) in [5, 5.41) is 7.60. The molecule has 0 aliphatic carbocycles. The van der Waals surface area contributed by atoms with E-state index in [1.165, 1.54) is 0 Å². The van der Waals surface area contributed by atoms with E-state index in [2.05, 4.69) is 31.3 Å². The van der Waals surface area contributed by atoms with Crippen molar-refractivity contribution in [2.45, 2.75) is 12.8 Å². The fraction of sp³-hybridized carbons (Fsp3) is 0.250. The Balaban J connectivity index is 1.44. The second-order valence-electron chi connectivity index (χ2n) is 4.86. The minimum absolute atomic E-state index is 0.722. The number of hydrogen-bond acceptors (Lipinski definition) is 4. The molecule has 0 amide bonds. The summed E-state index contributed by atoms with van der Waals surface area (Å²) in [6.07, 6.45) is 7.36. The highest BCUT2D eigenvalue weighted by Crippen LogP contribution is 2.23. The van der Waals surface area contributed by atoms with E-state index in [9.17, 15) is 0 Å². The van der Waals surface area contributed by atoms with Gasteiger partial charge in [0.25, 0.3) is 0 Å². The largest absolute Gasteiger partial charge is 0.494 e. The number of ether oxygens (including phenoxy) is 1. The number of aromatic nitrogens is 3. The van der Waals surface area contributed by atoms with Gasteiger partial charge >= 0.3 is 0 Å². The molecule has 2 heterocycles. The third-order valence-corrected chi connectivity index (χ3v) is 3.84. The van der Waals surface area contributed by atoms with Gasteiger partial charge in [-0.1, -0.05) is 18.2 Å². The smallest absolute Gasteiger partial charge is 0.153 e. The van der Waals surface area contributed by atoms with Gasteiger partial charge in [-0.2, -0.15) is 5.10 Å². The summed E-state index contributed by atoms with van der Waals surface area (Å²) in [5.41, 5.74) is 0.961. The molecule has 1 aromatic carbocycles. The fourth-order valence-electron chi connectivity index (χ4n) is 2.18. The third-order valence-electron chi connectivity index (χ3n) is 3.26. The maximum Gasteiger partial charge on any atom is 0.153 e. The first-order valence-corrected chi connectivity index (χ1v) is 8.03. The van der Waals surface area contributed by atoms with Crippen LogP contribution in [0.5, 0.6) is 5.75 Å². The Morgan fingerprint density at radius 2 is 2.05 bits per heavy atom. The molecule has 0 saturated carbocycles. The topological polar surface area (TPSA) is 51.5 Å². The van der Waals surface area contributed by atoms with Crippen LogP contribution in [0.3, 0.4) is 0 Å². The number of hydrogen-bond donors (Lipinski definition) is 1. The predicted octanol–water partition coefficient (Wildman–Crippen LogP) is 3.76. The van der Waals surface area contributed by atoms with E-state index < -0.39 is 0 Å². The standard InChI is InChI=1S/C16H17BrN4O/c17-14-12-20-21-10-9-19-16(15(14)21)18-8-4-5-11-22-13-6-2-1-3-7-13/h1-3,6-7,9-10,12H,4-5,8,11H2,(H,18,19). The molecule has 5 nitrogen and oxygen atoms in total. The lowest BCUT2D eigenvalue weighted by Crippen LogP contribution is -2.07. The van der Waals surface area contributed by atoms with Crippen molar-refractivity contribution in [3.05, 3.63) is 53.4 Å². The quantitative estimate of drug-likeness (QED) is 0.651. The van der Waals surface area contributed by atoms with Crippen LogP contribution < -0.4 is 10.1 Å². The first-order valence-electron chi connectivity index (χ1n) is 7.24. The van der Waals surface area contributed by atoms with Gasteiger partial charge in [-0.3, -0.25) is 0 Å². The highest BCUT2D eigenvalue weighted by molar-refractivity contribution is 9.10. The van der Waals surface area contributed by atoms with Crippen LogP contribution in [0.15, 0.2) is 53.4 Å². The number of fused-ring (bicyclic) bond motifs is 1. The number of para-hydroxylation sites is 1. The highest BCUT2D eigenvalue weighted by atomic mass is 79.9. The van der Waals surface area contributed by atoms with E-state index in [1.54, 1.807) is 16.9 Å². The molecule has 0 saturated heterocycles. The number of anilines is 1. The first-order chi connectivity index (χ1) is 10.8. The minimum Gasteiger partial charge on any atom is -0.494 e. The van der Waals surface area contributed by atoms with E-state index in [-0.39, 0.29) is 0 Å². The molecule has 1 N–H and O–H groups in total. The van der Waals surface area contributed by atoms with Gasteiger partial charge in [-0.15, -0.1) is 0 Å². The molecule has 3 rings (SSSR count). The Kier molecular flexibility index (Phi) is 4.90. The predicted molar refractivity (Wildman–Crippen MR) is 90.3 cm³/mol. The molecule has 114 valence electrons. The molecule has 0 atom stereocenters. The van der Waals surface area contributed by atoms with Gasteiger partial charge in [0.1, 0.15) is 11.3 Å².